The Morgan fingerprint density at radius 3 is 2.22 bits per heavy atom. The van der Waals surface area contributed by atoms with Crippen molar-refractivity contribution in [3.8, 4) is 0 Å². The van der Waals surface area contributed by atoms with E-state index in [0.717, 1.165) is 25.7 Å². The lowest BCUT2D eigenvalue weighted by Gasteiger charge is -2.45. The lowest BCUT2D eigenvalue weighted by molar-refractivity contribution is -0.129. The number of rotatable bonds is 3. The lowest BCUT2D eigenvalue weighted by Crippen LogP contribution is -2.54. The fourth-order valence-electron chi connectivity index (χ4n) is 3.42. The molecule has 2 aliphatic carbocycles. The minimum Gasteiger partial charge on any atom is -0.369 e. The molecule has 6 heteroatoms. The van der Waals surface area contributed by atoms with E-state index in [4.69, 9.17) is 11.5 Å². The molecule has 0 heterocycles. The van der Waals surface area contributed by atoms with Gasteiger partial charge in [0.25, 0.3) is 0 Å². The highest BCUT2D eigenvalue weighted by molar-refractivity contribution is 5.96. The summed E-state index contributed by atoms with van der Waals surface area (Å²) < 4.78 is 0. The summed E-state index contributed by atoms with van der Waals surface area (Å²) in [6.07, 6.45) is 5.25. The number of carbonyl (C=O) groups excluding carboxylic acids is 2. The van der Waals surface area contributed by atoms with E-state index in [-0.39, 0.29) is 36.8 Å². The molecule has 2 bridgehead atoms. The molecule has 0 aromatic heterocycles. The summed E-state index contributed by atoms with van der Waals surface area (Å²) in [4.78, 5) is 22.3. The topological polar surface area (TPSA) is 98.2 Å². The van der Waals surface area contributed by atoms with Crippen molar-refractivity contribution in [3.05, 3.63) is 0 Å². The zero-order valence-corrected chi connectivity index (χ0v) is 11.2. The van der Waals surface area contributed by atoms with Crippen molar-refractivity contribution < 1.29 is 9.59 Å². The molecule has 5 nitrogen and oxygen atoms in total. The van der Waals surface area contributed by atoms with Crippen LogP contribution in [0.3, 0.4) is 0 Å². The number of hydrogen-bond acceptors (Lipinski definition) is 3. The summed E-state index contributed by atoms with van der Waals surface area (Å²) in [6.45, 7) is 0. The van der Waals surface area contributed by atoms with Crippen LogP contribution in [0.2, 0.25) is 0 Å². The molecule has 5 N–H and O–H groups in total. The second kappa shape index (κ2) is 6.38. The highest BCUT2D eigenvalue weighted by Gasteiger charge is 2.39. The summed E-state index contributed by atoms with van der Waals surface area (Å²) in [6, 6.07) is 0.477. The maximum atomic E-state index is 11.6. The largest absolute Gasteiger partial charge is 0.369 e. The van der Waals surface area contributed by atoms with E-state index >= 15 is 0 Å². The summed E-state index contributed by atoms with van der Waals surface area (Å²) >= 11 is 0. The lowest BCUT2D eigenvalue weighted by atomic mass is 9.67. The van der Waals surface area contributed by atoms with Crippen LogP contribution in [-0.4, -0.2) is 23.9 Å². The Morgan fingerprint density at radius 2 is 1.72 bits per heavy atom. The quantitative estimate of drug-likeness (QED) is 0.646. The molecule has 0 aromatic carbocycles. The zero-order valence-electron chi connectivity index (χ0n) is 10.4. The molecule has 2 rings (SSSR count). The van der Waals surface area contributed by atoms with Crippen molar-refractivity contribution >= 4 is 24.2 Å². The first-order valence-corrected chi connectivity index (χ1v) is 6.39. The Kier molecular flexibility index (Phi) is 5.41. The third kappa shape index (κ3) is 3.59. The number of fused-ring (bicyclic) bond motifs is 2. The normalized spacial score (nSPS) is 34.3. The van der Waals surface area contributed by atoms with E-state index in [1.807, 2.05) is 0 Å². The minimum atomic E-state index is -0.569. The van der Waals surface area contributed by atoms with Gasteiger partial charge in [0.1, 0.15) is 6.42 Å². The van der Waals surface area contributed by atoms with Gasteiger partial charge >= 0.3 is 0 Å². The van der Waals surface area contributed by atoms with Crippen LogP contribution in [0.5, 0.6) is 0 Å². The highest BCUT2D eigenvalue weighted by Crippen LogP contribution is 2.39. The van der Waals surface area contributed by atoms with Gasteiger partial charge in [-0.3, -0.25) is 9.59 Å². The summed E-state index contributed by atoms with van der Waals surface area (Å²) in [5.41, 5.74) is 11.0. The number of nitrogens with two attached hydrogens (primary N) is 2. The Bertz CT molecular complexity index is 310. The van der Waals surface area contributed by atoms with Gasteiger partial charge in [-0.25, -0.2) is 0 Å². The van der Waals surface area contributed by atoms with Gasteiger partial charge in [-0.05, 0) is 37.5 Å². The average molecular weight is 276 g/mol. The van der Waals surface area contributed by atoms with E-state index in [1.54, 1.807) is 0 Å². The number of primary amides is 1. The van der Waals surface area contributed by atoms with E-state index in [2.05, 4.69) is 5.32 Å². The Hall–Kier alpha value is -0.810. The van der Waals surface area contributed by atoms with Gasteiger partial charge in [0.05, 0.1) is 0 Å². The number of amides is 2. The van der Waals surface area contributed by atoms with Crippen LogP contribution in [0.15, 0.2) is 0 Å². The van der Waals surface area contributed by atoms with Crippen molar-refractivity contribution in [2.45, 2.75) is 50.6 Å². The first kappa shape index (κ1) is 15.2. The second-order valence-corrected chi connectivity index (χ2v) is 5.42. The molecule has 0 saturated heterocycles. The average Bonchev–Trinajstić information content (AvgIpc) is 2.18. The molecule has 18 heavy (non-hydrogen) atoms. The SMILES string of the molecule is Cl.NC(=O)CC(=O)NC1C2CCCC1CC(N)C2. The van der Waals surface area contributed by atoms with Crippen LogP contribution in [-0.2, 0) is 9.59 Å². The van der Waals surface area contributed by atoms with Crippen molar-refractivity contribution in [2.75, 3.05) is 0 Å². The number of hydrogen-bond donors (Lipinski definition) is 3. The molecule has 2 amide bonds. The second-order valence-electron chi connectivity index (χ2n) is 5.42. The molecular weight excluding hydrogens is 254 g/mol. The van der Waals surface area contributed by atoms with Crippen LogP contribution in [0.4, 0.5) is 0 Å². The van der Waals surface area contributed by atoms with Crippen LogP contribution >= 0.6 is 12.4 Å². The first-order chi connectivity index (χ1) is 8.06. The Balaban J connectivity index is 0.00000162. The Morgan fingerprint density at radius 1 is 1.17 bits per heavy atom. The fraction of sp³-hybridized carbons (Fsp3) is 0.833. The number of carbonyl (C=O) groups is 2. The van der Waals surface area contributed by atoms with Gasteiger partial charge in [-0.2, -0.15) is 0 Å². The molecule has 0 aromatic rings. The summed E-state index contributed by atoms with van der Waals surface area (Å²) in [5.74, 6) is 0.152. The molecule has 0 aliphatic heterocycles. The fourth-order valence-corrected chi connectivity index (χ4v) is 3.42. The molecule has 2 atom stereocenters. The number of nitrogens with one attached hydrogen (secondary N) is 1. The molecule has 2 saturated carbocycles. The van der Waals surface area contributed by atoms with E-state index in [9.17, 15) is 9.59 Å². The molecule has 0 radical (unpaired) electrons. The van der Waals surface area contributed by atoms with Gasteiger partial charge in [0.2, 0.25) is 11.8 Å². The predicted molar refractivity (Wildman–Crippen MR) is 71.0 cm³/mol. The first-order valence-electron chi connectivity index (χ1n) is 6.39. The third-order valence-electron chi connectivity index (χ3n) is 4.04. The van der Waals surface area contributed by atoms with Crippen LogP contribution in [0, 0.1) is 11.8 Å². The maximum absolute atomic E-state index is 11.6. The van der Waals surface area contributed by atoms with Crippen LogP contribution in [0.25, 0.3) is 0 Å². The van der Waals surface area contributed by atoms with Gasteiger partial charge < -0.3 is 16.8 Å². The van der Waals surface area contributed by atoms with Gasteiger partial charge in [0, 0.05) is 12.1 Å². The standard InChI is InChI=1S/C12H21N3O2.ClH/c13-9-4-7-2-1-3-8(5-9)12(7)15-11(17)6-10(14)16;/h7-9,12H,1-6,13H2,(H2,14,16)(H,15,17);1H. The Labute approximate surface area is 113 Å². The molecule has 2 unspecified atom stereocenters. The van der Waals surface area contributed by atoms with Crippen LogP contribution in [0.1, 0.15) is 38.5 Å². The van der Waals surface area contributed by atoms with Gasteiger partial charge in [-0.1, -0.05) is 6.42 Å². The third-order valence-corrected chi connectivity index (χ3v) is 4.04. The van der Waals surface area contributed by atoms with Crippen molar-refractivity contribution in [1.29, 1.82) is 0 Å². The molecule has 0 spiro atoms. The summed E-state index contributed by atoms with van der Waals surface area (Å²) in [7, 11) is 0. The molecule has 2 fully saturated rings. The monoisotopic (exact) mass is 275 g/mol. The van der Waals surface area contributed by atoms with Gasteiger partial charge in [-0.15, -0.1) is 12.4 Å². The maximum Gasteiger partial charge on any atom is 0.229 e. The number of halogens is 1. The van der Waals surface area contributed by atoms with E-state index in [1.165, 1.54) is 6.42 Å². The van der Waals surface area contributed by atoms with Gasteiger partial charge in [0.15, 0.2) is 0 Å². The molecular formula is C12H22ClN3O2. The molecule has 104 valence electrons. The highest BCUT2D eigenvalue weighted by atomic mass is 35.5. The van der Waals surface area contributed by atoms with E-state index in [0.29, 0.717) is 11.8 Å². The van der Waals surface area contributed by atoms with Crippen LogP contribution < -0.4 is 16.8 Å². The zero-order chi connectivity index (χ0) is 12.4. The molecule has 2 aliphatic rings. The predicted octanol–water partition coefficient (Wildman–Crippen LogP) is 0.306. The summed E-state index contributed by atoms with van der Waals surface area (Å²) in [5, 5.41) is 2.98. The van der Waals surface area contributed by atoms with Crippen molar-refractivity contribution in [2.24, 2.45) is 23.3 Å². The smallest absolute Gasteiger partial charge is 0.229 e. The minimum absolute atomic E-state index is 0. The van der Waals surface area contributed by atoms with E-state index < -0.39 is 5.91 Å². The van der Waals surface area contributed by atoms with Crippen molar-refractivity contribution in [3.63, 3.8) is 0 Å². The van der Waals surface area contributed by atoms with Crippen molar-refractivity contribution in [1.82, 2.24) is 5.32 Å².